The Bertz CT molecular complexity index is 371. The van der Waals surface area contributed by atoms with Gasteiger partial charge in [0, 0.05) is 26.4 Å². The highest BCUT2D eigenvalue weighted by Gasteiger charge is 2.38. The molecule has 0 aromatic carbocycles. The molecule has 0 bridgehead atoms. The predicted octanol–water partition coefficient (Wildman–Crippen LogP) is 3.46. The summed E-state index contributed by atoms with van der Waals surface area (Å²) in [6.45, 7) is 8.69. The highest BCUT2D eigenvalue weighted by molar-refractivity contribution is 5.82. The van der Waals surface area contributed by atoms with E-state index >= 15 is 0 Å². The van der Waals surface area contributed by atoms with Crippen molar-refractivity contribution in [1.82, 2.24) is 5.32 Å². The van der Waals surface area contributed by atoms with Crippen molar-refractivity contribution in [1.29, 1.82) is 0 Å². The van der Waals surface area contributed by atoms with Crippen LogP contribution in [0, 0.1) is 11.3 Å². The zero-order chi connectivity index (χ0) is 16.5. The number of ether oxygens (including phenoxy) is 2. The van der Waals surface area contributed by atoms with Gasteiger partial charge in [0.05, 0.1) is 11.5 Å². The second kappa shape index (κ2) is 9.43. The van der Waals surface area contributed by atoms with Gasteiger partial charge in [0.25, 0.3) is 0 Å². The molecule has 4 heteroatoms. The molecule has 1 unspecified atom stereocenters. The molecule has 1 saturated heterocycles. The topological polar surface area (TPSA) is 47.6 Å². The molecule has 2 rings (SSSR count). The molecule has 0 aromatic rings. The summed E-state index contributed by atoms with van der Waals surface area (Å²) in [6, 6.07) is 0. The first-order valence-electron chi connectivity index (χ1n) is 9.30. The Morgan fingerprint density at radius 1 is 1.39 bits per heavy atom. The van der Waals surface area contributed by atoms with E-state index in [0.717, 1.165) is 32.3 Å². The molecule has 132 valence electrons. The lowest BCUT2D eigenvalue weighted by Gasteiger charge is -2.35. The molecule has 0 aromatic heterocycles. The normalized spacial score (nSPS) is 22.7. The fourth-order valence-corrected chi connectivity index (χ4v) is 4.08. The minimum absolute atomic E-state index is 0.169. The van der Waals surface area contributed by atoms with Gasteiger partial charge in [0.1, 0.15) is 0 Å². The maximum atomic E-state index is 12.7. The van der Waals surface area contributed by atoms with Crippen LogP contribution in [-0.4, -0.2) is 38.4 Å². The fourth-order valence-electron chi connectivity index (χ4n) is 4.08. The van der Waals surface area contributed by atoms with Crippen molar-refractivity contribution in [2.75, 3.05) is 26.4 Å². The van der Waals surface area contributed by atoms with Gasteiger partial charge in [-0.25, -0.2) is 0 Å². The Hall–Kier alpha value is -0.870. The smallest absolute Gasteiger partial charge is 0.226 e. The summed E-state index contributed by atoms with van der Waals surface area (Å²) in [5.41, 5.74) is -0.311. The second-order valence-corrected chi connectivity index (χ2v) is 6.97. The molecule has 1 saturated carbocycles. The quantitative estimate of drug-likeness (QED) is 0.661. The van der Waals surface area contributed by atoms with Gasteiger partial charge in [0.2, 0.25) is 5.91 Å². The summed E-state index contributed by atoms with van der Waals surface area (Å²) < 4.78 is 11.4. The minimum Gasteiger partial charge on any atom is -0.381 e. The van der Waals surface area contributed by atoms with Gasteiger partial charge in [-0.15, -0.1) is 6.58 Å². The van der Waals surface area contributed by atoms with Crippen LogP contribution in [0.15, 0.2) is 12.7 Å². The van der Waals surface area contributed by atoms with Crippen molar-refractivity contribution in [3.63, 3.8) is 0 Å². The third-order valence-electron chi connectivity index (χ3n) is 5.49. The van der Waals surface area contributed by atoms with E-state index in [1.807, 2.05) is 6.08 Å². The van der Waals surface area contributed by atoms with Crippen LogP contribution in [0.5, 0.6) is 0 Å². The molecule has 1 aliphatic carbocycles. The number of rotatable bonds is 9. The molecule has 4 nitrogen and oxygen atoms in total. The van der Waals surface area contributed by atoms with Crippen LogP contribution >= 0.6 is 0 Å². The summed E-state index contributed by atoms with van der Waals surface area (Å²) in [5, 5.41) is 3.17. The Labute approximate surface area is 141 Å². The number of carbonyl (C=O) groups is 1. The molecular weight excluding hydrogens is 290 g/mol. The van der Waals surface area contributed by atoms with Gasteiger partial charge < -0.3 is 14.8 Å². The van der Waals surface area contributed by atoms with Crippen molar-refractivity contribution in [2.24, 2.45) is 11.3 Å². The number of carbonyl (C=O) groups excluding carboxylic acids is 1. The molecule has 0 radical (unpaired) electrons. The molecule has 2 fully saturated rings. The monoisotopic (exact) mass is 323 g/mol. The highest BCUT2D eigenvalue weighted by Crippen LogP contribution is 2.35. The summed E-state index contributed by atoms with van der Waals surface area (Å²) in [5.74, 6) is 0.847. The molecule has 2 aliphatic rings. The van der Waals surface area contributed by atoms with Crippen molar-refractivity contribution < 1.29 is 14.3 Å². The molecule has 0 spiro atoms. The maximum Gasteiger partial charge on any atom is 0.226 e. The van der Waals surface area contributed by atoms with Crippen molar-refractivity contribution in [3.8, 4) is 0 Å². The summed E-state index contributed by atoms with van der Waals surface area (Å²) in [7, 11) is 0. The standard InChI is InChI=1S/C19H33NO3/c1-3-10-19(11-14-22-15-12-19)18(21)20-13-9-17(23-4-2)16-7-5-6-8-16/h3,16-17H,1,4-15H2,2H3,(H,20,21). The maximum absolute atomic E-state index is 12.7. The number of allylic oxidation sites excluding steroid dienone is 1. The number of hydrogen-bond donors (Lipinski definition) is 1. The van der Waals surface area contributed by atoms with Crippen molar-refractivity contribution >= 4 is 5.91 Å². The summed E-state index contributed by atoms with van der Waals surface area (Å²) >= 11 is 0. The third kappa shape index (κ3) is 5.05. The second-order valence-electron chi connectivity index (χ2n) is 6.97. The zero-order valence-electron chi connectivity index (χ0n) is 14.6. The Morgan fingerprint density at radius 3 is 2.70 bits per heavy atom. The van der Waals surface area contributed by atoms with E-state index in [9.17, 15) is 4.79 Å². The van der Waals surface area contributed by atoms with Gasteiger partial charge in [-0.2, -0.15) is 0 Å². The summed E-state index contributed by atoms with van der Waals surface area (Å²) in [6.07, 6.45) is 10.6. The molecule has 1 heterocycles. The van der Waals surface area contributed by atoms with E-state index in [1.165, 1.54) is 25.7 Å². The molecule has 1 aliphatic heterocycles. The van der Waals surface area contributed by atoms with Crippen LogP contribution in [0.1, 0.15) is 58.3 Å². The van der Waals surface area contributed by atoms with Gasteiger partial charge in [0.15, 0.2) is 0 Å². The number of nitrogens with one attached hydrogen (secondary N) is 1. The van der Waals surface area contributed by atoms with E-state index in [1.54, 1.807) is 0 Å². The van der Waals surface area contributed by atoms with Crippen LogP contribution in [-0.2, 0) is 14.3 Å². The number of amides is 1. The van der Waals surface area contributed by atoms with E-state index in [0.29, 0.717) is 31.8 Å². The Kier molecular flexibility index (Phi) is 7.57. The largest absolute Gasteiger partial charge is 0.381 e. The minimum atomic E-state index is -0.311. The van der Waals surface area contributed by atoms with Crippen LogP contribution < -0.4 is 5.32 Å². The number of hydrogen-bond acceptors (Lipinski definition) is 3. The zero-order valence-corrected chi connectivity index (χ0v) is 14.6. The molecule has 1 amide bonds. The Balaban J connectivity index is 1.82. The van der Waals surface area contributed by atoms with Gasteiger partial charge in [-0.3, -0.25) is 4.79 Å². The lowest BCUT2D eigenvalue weighted by Crippen LogP contribution is -2.45. The van der Waals surface area contributed by atoms with Gasteiger partial charge in [-0.05, 0) is 51.4 Å². The van der Waals surface area contributed by atoms with E-state index < -0.39 is 0 Å². The van der Waals surface area contributed by atoms with Crippen LogP contribution in [0.2, 0.25) is 0 Å². The van der Waals surface area contributed by atoms with Crippen molar-refractivity contribution in [3.05, 3.63) is 12.7 Å². The van der Waals surface area contributed by atoms with Crippen molar-refractivity contribution in [2.45, 2.75) is 64.4 Å². The average molecular weight is 323 g/mol. The van der Waals surface area contributed by atoms with E-state index in [4.69, 9.17) is 9.47 Å². The predicted molar refractivity (Wildman–Crippen MR) is 92.3 cm³/mol. The molecule has 1 N–H and O–H groups in total. The molecule has 23 heavy (non-hydrogen) atoms. The fraction of sp³-hybridized carbons (Fsp3) is 0.842. The molecular formula is C19H33NO3. The third-order valence-corrected chi connectivity index (χ3v) is 5.49. The Morgan fingerprint density at radius 2 is 2.09 bits per heavy atom. The van der Waals surface area contributed by atoms with E-state index in [-0.39, 0.29) is 11.3 Å². The van der Waals surface area contributed by atoms with E-state index in [2.05, 4.69) is 18.8 Å². The average Bonchev–Trinajstić information content (AvgIpc) is 3.09. The SMILES string of the molecule is C=CCC1(C(=O)NCCC(OCC)C2CCCC2)CCOCC1. The first kappa shape index (κ1) is 18.5. The van der Waals surface area contributed by atoms with Gasteiger partial charge >= 0.3 is 0 Å². The van der Waals surface area contributed by atoms with Crippen LogP contribution in [0.4, 0.5) is 0 Å². The first-order valence-corrected chi connectivity index (χ1v) is 9.30. The molecule has 1 atom stereocenters. The first-order chi connectivity index (χ1) is 11.2. The highest BCUT2D eigenvalue weighted by atomic mass is 16.5. The summed E-state index contributed by atoms with van der Waals surface area (Å²) in [4.78, 5) is 12.7. The lowest BCUT2D eigenvalue weighted by atomic mass is 9.76. The van der Waals surface area contributed by atoms with Crippen LogP contribution in [0.3, 0.4) is 0 Å². The lowest BCUT2D eigenvalue weighted by molar-refractivity contribution is -0.136. The van der Waals surface area contributed by atoms with Gasteiger partial charge in [-0.1, -0.05) is 18.9 Å². The van der Waals surface area contributed by atoms with Crippen LogP contribution in [0.25, 0.3) is 0 Å².